The average molecular weight is 895 g/mol. The number of esters is 2. The Bertz CT molecular complexity index is 2320. The lowest BCUT2D eigenvalue weighted by Gasteiger charge is -2.43. The van der Waals surface area contributed by atoms with Gasteiger partial charge in [0.1, 0.15) is 6.04 Å². The first-order valence-corrected chi connectivity index (χ1v) is 24.2. The number of piperidine rings is 2. The number of carbonyl (C=O) groups is 4. The summed E-state index contributed by atoms with van der Waals surface area (Å²) in [7, 11) is 2.17. The van der Waals surface area contributed by atoms with E-state index in [1.807, 2.05) is 60.5 Å². The topological polar surface area (TPSA) is 152 Å². The summed E-state index contributed by atoms with van der Waals surface area (Å²) in [6.45, 7) is 11.8. The second kappa shape index (κ2) is 22.8. The number of benzene rings is 2. The lowest BCUT2D eigenvalue weighted by atomic mass is 9.89. The van der Waals surface area contributed by atoms with E-state index in [4.69, 9.17) is 14.6 Å². The van der Waals surface area contributed by atoms with E-state index in [9.17, 15) is 24.0 Å². The molecule has 65 heavy (non-hydrogen) atoms. The number of urea groups is 1. The third kappa shape index (κ3) is 12.3. The van der Waals surface area contributed by atoms with Gasteiger partial charge in [-0.3, -0.25) is 28.6 Å². The van der Waals surface area contributed by atoms with Crippen LogP contribution in [0.25, 0.3) is 21.8 Å². The number of pyridine rings is 1. The second-order valence-electron chi connectivity index (χ2n) is 18.5. The molecule has 0 bridgehead atoms. The van der Waals surface area contributed by atoms with E-state index in [0.717, 1.165) is 105 Å². The molecule has 3 fully saturated rings. The number of nitrogens with zero attached hydrogens (tertiary/aromatic N) is 7. The highest BCUT2D eigenvalue weighted by Gasteiger charge is 2.34. The van der Waals surface area contributed by atoms with Gasteiger partial charge in [-0.25, -0.2) is 9.48 Å². The summed E-state index contributed by atoms with van der Waals surface area (Å²) >= 11 is 0. The van der Waals surface area contributed by atoms with E-state index in [1.165, 1.54) is 0 Å². The van der Waals surface area contributed by atoms with Crippen LogP contribution < -0.4 is 10.9 Å². The van der Waals surface area contributed by atoms with Gasteiger partial charge in [0.2, 0.25) is 5.91 Å². The van der Waals surface area contributed by atoms with Crippen LogP contribution in [0.2, 0.25) is 0 Å². The normalized spacial score (nSPS) is 17.4. The number of aryl methyl sites for hydroxylation is 1. The number of ether oxygens (including phenoxy) is 2. The highest BCUT2D eigenvalue weighted by atomic mass is 16.5. The minimum atomic E-state index is -0.802. The number of fused-ring (bicyclic) bond motifs is 2. The van der Waals surface area contributed by atoms with Crippen molar-refractivity contribution in [2.75, 3.05) is 59.4 Å². The molecule has 1 unspecified atom stereocenters. The van der Waals surface area contributed by atoms with Crippen LogP contribution in [0.3, 0.4) is 0 Å². The Morgan fingerprint density at radius 1 is 0.769 bits per heavy atom. The summed E-state index contributed by atoms with van der Waals surface area (Å²) in [4.78, 5) is 76.2. The smallest absolute Gasteiger partial charge is 0.318 e. The van der Waals surface area contributed by atoms with Crippen LogP contribution in [0.15, 0.2) is 53.5 Å². The molecule has 2 aromatic heterocycles. The van der Waals surface area contributed by atoms with Gasteiger partial charge in [0.25, 0.3) is 5.56 Å². The van der Waals surface area contributed by atoms with Crippen molar-refractivity contribution in [2.45, 2.75) is 136 Å². The molecule has 4 aromatic rings. The fraction of sp³-hybridized carbons (Fsp3) is 0.600. The summed E-state index contributed by atoms with van der Waals surface area (Å²) in [5.74, 6) is -0.748. The van der Waals surface area contributed by atoms with Crippen LogP contribution >= 0.6 is 0 Å². The van der Waals surface area contributed by atoms with Crippen molar-refractivity contribution in [3.63, 3.8) is 0 Å². The standard InChI is InChI=1S/C50H70N8O7/c1-5-7-9-15-45(59)64-34-57-33-40-30-37(29-36(3)47(40)52-57)31-43(49(62)55-27-25-54(26-28-55)41-19-21-53(4)22-20-41)51-50(63)56-23-17-38(18-24-56)42-32-39-13-11-12-14-44(39)58(48(42)61)35-65-46(60)16-10-8-6-2/h11-14,29-30,32-33,38,41,43H,5-10,15-28,31,34-35H2,1-4H3,(H,51,63). The number of para-hydroxylation sites is 1. The molecule has 3 amide bonds. The predicted molar refractivity (Wildman–Crippen MR) is 251 cm³/mol. The van der Waals surface area contributed by atoms with Crippen LogP contribution in [0.1, 0.15) is 114 Å². The fourth-order valence-corrected chi connectivity index (χ4v) is 9.81. The molecule has 7 rings (SSSR count). The predicted octanol–water partition coefficient (Wildman–Crippen LogP) is 6.56. The number of hydrogen-bond donors (Lipinski definition) is 1. The monoisotopic (exact) mass is 895 g/mol. The van der Waals surface area contributed by atoms with E-state index >= 15 is 0 Å². The Balaban J connectivity index is 1.04. The molecule has 1 atom stereocenters. The minimum Gasteiger partial charge on any atom is -0.444 e. The van der Waals surface area contributed by atoms with Gasteiger partial charge in [-0.05, 0) is 106 Å². The van der Waals surface area contributed by atoms with Gasteiger partial charge in [0, 0.05) is 81.7 Å². The molecule has 5 heterocycles. The number of amides is 3. The molecule has 3 saturated heterocycles. The Labute approximate surface area is 383 Å². The van der Waals surface area contributed by atoms with Crippen LogP contribution in [0.5, 0.6) is 0 Å². The maximum Gasteiger partial charge on any atom is 0.318 e. The van der Waals surface area contributed by atoms with Gasteiger partial charge in [-0.1, -0.05) is 63.8 Å². The summed E-state index contributed by atoms with van der Waals surface area (Å²) < 4.78 is 14.3. The van der Waals surface area contributed by atoms with Crippen LogP contribution in [0.4, 0.5) is 4.79 Å². The summed E-state index contributed by atoms with van der Waals surface area (Å²) in [6, 6.07) is 13.0. The fourth-order valence-electron chi connectivity index (χ4n) is 9.81. The molecular weight excluding hydrogens is 825 g/mol. The number of piperazine rings is 1. The maximum atomic E-state index is 14.6. The molecule has 0 saturated carbocycles. The lowest BCUT2D eigenvalue weighted by Crippen LogP contribution is -2.59. The number of rotatable bonds is 18. The summed E-state index contributed by atoms with van der Waals surface area (Å²) in [6.07, 6.45) is 11.8. The zero-order chi connectivity index (χ0) is 45.9. The Hall–Kier alpha value is -5.28. The molecule has 3 aliphatic heterocycles. The largest absolute Gasteiger partial charge is 0.444 e. The first kappa shape index (κ1) is 47.7. The van der Waals surface area contributed by atoms with Crippen molar-refractivity contribution < 1.29 is 28.7 Å². The molecule has 0 radical (unpaired) electrons. The SMILES string of the molecule is CCCCCC(=O)OCn1cc2cc(CC(NC(=O)N3CCC(c4cc5ccccc5n(COC(=O)CCCCC)c4=O)CC3)C(=O)N3CCN(C4CCN(C)CC4)CC3)cc(C)c2n1. The molecule has 352 valence electrons. The van der Waals surface area contributed by atoms with Crippen molar-refractivity contribution in [1.82, 2.24) is 39.3 Å². The van der Waals surface area contributed by atoms with Gasteiger partial charge in [0.05, 0.1) is 11.0 Å². The molecule has 0 spiro atoms. The van der Waals surface area contributed by atoms with Gasteiger partial charge < -0.3 is 29.5 Å². The van der Waals surface area contributed by atoms with E-state index < -0.39 is 6.04 Å². The lowest BCUT2D eigenvalue weighted by molar-refractivity contribution is -0.148. The quantitative estimate of drug-likeness (QED) is 0.0860. The molecule has 15 heteroatoms. The molecule has 2 aromatic carbocycles. The van der Waals surface area contributed by atoms with Crippen molar-refractivity contribution >= 4 is 45.7 Å². The minimum absolute atomic E-state index is 0.0252. The van der Waals surface area contributed by atoms with Crippen LogP contribution in [-0.4, -0.2) is 129 Å². The van der Waals surface area contributed by atoms with Gasteiger partial charge in [-0.15, -0.1) is 0 Å². The summed E-state index contributed by atoms with van der Waals surface area (Å²) in [5, 5.41) is 9.61. The Kier molecular flexibility index (Phi) is 16.7. The number of unbranched alkanes of at least 4 members (excludes halogenated alkanes) is 4. The highest BCUT2D eigenvalue weighted by Crippen LogP contribution is 2.29. The van der Waals surface area contributed by atoms with Gasteiger partial charge in [0.15, 0.2) is 13.5 Å². The second-order valence-corrected chi connectivity index (χ2v) is 18.5. The third-order valence-corrected chi connectivity index (χ3v) is 13.7. The Morgan fingerprint density at radius 3 is 2.11 bits per heavy atom. The molecule has 3 aliphatic rings. The zero-order valence-corrected chi connectivity index (χ0v) is 39.1. The molecule has 1 N–H and O–H groups in total. The number of carbonyl (C=O) groups excluding carboxylic acids is 4. The van der Waals surface area contributed by atoms with Crippen LogP contribution in [0, 0.1) is 6.92 Å². The van der Waals surface area contributed by atoms with E-state index in [1.54, 1.807) is 14.1 Å². The first-order chi connectivity index (χ1) is 31.5. The van der Waals surface area contributed by atoms with Crippen molar-refractivity contribution in [1.29, 1.82) is 0 Å². The number of nitrogens with one attached hydrogen (secondary N) is 1. The van der Waals surface area contributed by atoms with Crippen molar-refractivity contribution in [3.8, 4) is 0 Å². The van der Waals surface area contributed by atoms with E-state index in [-0.39, 0.29) is 48.8 Å². The zero-order valence-electron chi connectivity index (χ0n) is 39.1. The number of aromatic nitrogens is 3. The third-order valence-electron chi connectivity index (χ3n) is 13.7. The molecule has 15 nitrogen and oxygen atoms in total. The van der Waals surface area contributed by atoms with Crippen LogP contribution in [-0.2, 0) is 43.7 Å². The van der Waals surface area contributed by atoms with Crippen molar-refractivity contribution in [3.05, 3.63) is 75.7 Å². The number of likely N-dealkylation sites (tertiary alicyclic amines) is 2. The maximum absolute atomic E-state index is 14.6. The summed E-state index contributed by atoms with van der Waals surface area (Å²) in [5.41, 5.74) is 3.79. The first-order valence-electron chi connectivity index (χ1n) is 24.2. The number of hydrogen-bond acceptors (Lipinski definition) is 10. The van der Waals surface area contributed by atoms with Gasteiger partial charge >= 0.3 is 18.0 Å². The highest BCUT2D eigenvalue weighted by molar-refractivity contribution is 5.88. The van der Waals surface area contributed by atoms with Crippen molar-refractivity contribution in [2.24, 2.45) is 0 Å². The Morgan fingerprint density at radius 2 is 1.43 bits per heavy atom. The van der Waals surface area contributed by atoms with E-state index in [2.05, 4.69) is 36.0 Å². The molecular formula is C50H70N8O7. The molecule has 0 aliphatic carbocycles. The van der Waals surface area contributed by atoms with Gasteiger partial charge in [-0.2, -0.15) is 5.10 Å². The van der Waals surface area contributed by atoms with E-state index in [0.29, 0.717) is 75.4 Å². The average Bonchev–Trinajstić information content (AvgIpc) is 3.74.